The van der Waals surface area contributed by atoms with E-state index in [1.165, 1.54) is 12.1 Å². The lowest BCUT2D eigenvalue weighted by molar-refractivity contribution is 0.0949. The van der Waals surface area contributed by atoms with E-state index in [1.54, 1.807) is 25.2 Å². The van der Waals surface area contributed by atoms with Gasteiger partial charge >= 0.3 is 0 Å². The zero-order valence-electron chi connectivity index (χ0n) is 18.2. The number of amides is 2. The molecule has 3 aromatic carbocycles. The van der Waals surface area contributed by atoms with Crippen LogP contribution in [-0.2, 0) is 0 Å². The highest BCUT2D eigenvalue weighted by atomic mass is 19.1. The molecule has 2 heterocycles. The van der Waals surface area contributed by atoms with Gasteiger partial charge in [-0.25, -0.2) is 4.39 Å². The second-order valence-corrected chi connectivity index (χ2v) is 7.86. The van der Waals surface area contributed by atoms with Crippen molar-refractivity contribution in [3.8, 4) is 22.5 Å². The fourth-order valence-electron chi connectivity index (χ4n) is 4.24. The molecule has 7 heteroatoms. The van der Waals surface area contributed by atoms with Crippen LogP contribution in [0.25, 0.3) is 33.4 Å². The molecule has 2 bridgehead atoms. The number of nitrogens with zero attached hydrogens (tertiary/aromatic N) is 1. The Hall–Kier alpha value is -4.13. The summed E-state index contributed by atoms with van der Waals surface area (Å²) in [5.41, 5.74) is 4.74. The SMILES string of the molecule is CCN1CNC(=O)c2cccc(c2)-c2cc3c(C(=O)NC)c(-c4ccc(F)cc4)oc3cc21. The van der Waals surface area contributed by atoms with Gasteiger partial charge in [-0.15, -0.1) is 0 Å². The molecular formula is C26H22FN3O3. The maximum absolute atomic E-state index is 13.5. The van der Waals surface area contributed by atoms with Crippen molar-refractivity contribution in [3.05, 3.63) is 77.6 Å². The minimum atomic E-state index is -0.365. The summed E-state index contributed by atoms with van der Waals surface area (Å²) in [5, 5.41) is 6.29. The normalized spacial score (nSPS) is 13.1. The van der Waals surface area contributed by atoms with Crippen LogP contribution in [0.5, 0.6) is 0 Å². The summed E-state index contributed by atoms with van der Waals surface area (Å²) < 4.78 is 19.7. The van der Waals surface area contributed by atoms with E-state index in [9.17, 15) is 14.0 Å². The van der Waals surface area contributed by atoms with E-state index in [4.69, 9.17) is 4.42 Å². The van der Waals surface area contributed by atoms with Gasteiger partial charge in [0.1, 0.15) is 17.2 Å². The first-order valence-corrected chi connectivity index (χ1v) is 10.7. The Morgan fingerprint density at radius 2 is 1.85 bits per heavy atom. The lowest BCUT2D eigenvalue weighted by Gasteiger charge is -2.25. The Labute approximate surface area is 190 Å². The van der Waals surface area contributed by atoms with Crippen LogP contribution < -0.4 is 15.5 Å². The van der Waals surface area contributed by atoms with Gasteiger partial charge in [-0.1, -0.05) is 12.1 Å². The summed E-state index contributed by atoms with van der Waals surface area (Å²) in [6, 6.07) is 17.1. The predicted molar refractivity (Wildman–Crippen MR) is 126 cm³/mol. The van der Waals surface area contributed by atoms with E-state index >= 15 is 0 Å². The average Bonchev–Trinajstić information content (AvgIpc) is 3.22. The quantitative estimate of drug-likeness (QED) is 0.477. The molecule has 5 rings (SSSR count). The van der Waals surface area contributed by atoms with Crippen molar-refractivity contribution in [3.63, 3.8) is 0 Å². The van der Waals surface area contributed by atoms with Crippen LogP contribution >= 0.6 is 0 Å². The van der Waals surface area contributed by atoms with Gasteiger partial charge in [-0.3, -0.25) is 9.59 Å². The summed E-state index contributed by atoms with van der Waals surface area (Å²) in [6.45, 7) is 3.00. The minimum Gasteiger partial charge on any atom is -0.455 e. The topological polar surface area (TPSA) is 74.6 Å². The van der Waals surface area contributed by atoms with Gasteiger partial charge in [-0.05, 0) is 55.0 Å². The molecule has 6 nitrogen and oxygen atoms in total. The summed E-state index contributed by atoms with van der Waals surface area (Å²) in [6.07, 6.45) is 0. The number of rotatable bonds is 3. The molecule has 1 aliphatic heterocycles. The highest BCUT2D eigenvalue weighted by Gasteiger charge is 2.25. The van der Waals surface area contributed by atoms with Crippen molar-refractivity contribution in [1.29, 1.82) is 0 Å². The highest BCUT2D eigenvalue weighted by Crippen LogP contribution is 2.41. The second-order valence-electron chi connectivity index (χ2n) is 7.86. The molecule has 1 aliphatic rings. The fourth-order valence-corrected chi connectivity index (χ4v) is 4.24. The molecule has 0 atom stereocenters. The van der Waals surface area contributed by atoms with E-state index in [0.717, 1.165) is 16.8 Å². The van der Waals surface area contributed by atoms with Gasteiger partial charge in [0.15, 0.2) is 0 Å². The van der Waals surface area contributed by atoms with Crippen LogP contribution in [0.1, 0.15) is 27.6 Å². The summed E-state index contributed by atoms with van der Waals surface area (Å²) in [4.78, 5) is 27.5. The Morgan fingerprint density at radius 3 is 2.58 bits per heavy atom. The zero-order chi connectivity index (χ0) is 23.1. The van der Waals surface area contributed by atoms with Crippen molar-refractivity contribution in [2.75, 3.05) is 25.2 Å². The number of halogens is 1. The number of carbonyl (C=O) groups excluding carboxylic acids is 2. The standard InChI is InChI=1S/C26H22FN3O3/c1-3-30-14-29-25(31)17-6-4-5-16(11-17)19-12-20-22(13-21(19)30)33-24(23(20)26(32)28-2)15-7-9-18(27)10-8-15/h4-13H,3,14H2,1-2H3,(H,28,32)(H,29,31). The molecule has 0 saturated carbocycles. The van der Waals surface area contributed by atoms with Crippen LogP contribution in [0.2, 0.25) is 0 Å². The van der Waals surface area contributed by atoms with Gasteiger partial charge in [0.2, 0.25) is 0 Å². The molecule has 0 spiro atoms. The van der Waals surface area contributed by atoms with Crippen LogP contribution in [0.3, 0.4) is 0 Å². The second kappa shape index (κ2) is 8.09. The Morgan fingerprint density at radius 1 is 1.09 bits per heavy atom. The maximum Gasteiger partial charge on any atom is 0.255 e. The summed E-state index contributed by atoms with van der Waals surface area (Å²) in [5.74, 6) is -0.425. The van der Waals surface area contributed by atoms with E-state index in [2.05, 4.69) is 10.6 Å². The Kier molecular flexibility index (Phi) is 5.09. The van der Waals surface area contributed by atoms with E-state index in [0.29, 0.717) is 46.6 Å². The molecule has 166 valence electrons. The molecule has 33 heavy (non-hydrogen) atoms. The number of anilines is 1. The van der Waals surface area contributed by atoms with Gasteiger partial charge in [0.25, 0.3) is 11.8 Å². The van der Waals surface area contributed by atoms with Gasteiger partial charge in [-0.2, -0.15) is 0 Å². The van der Waals surface area contributed by atoms with Gasteiger partial charge < -0.3 is 20.0 Å². The average molecular weight is 443 g/mol. The number of furan rings is 1. The largest absolute Gasteiger partial charge is 0.455 e. The predicted octanol–water partition coefficient (Wildman–Crippen LogP) is 4.79. The third kappa shape index (κ3) is 3.51. The zero-order valence-corrected chi connectivity index (χ0v) is 18.2. The molecule has 0 fully saturated rings. The first-order chi connectivity index (χ1) is 16.0. The third-order valence-corrected chi connectivity index (χ3v) is 5.96. The minimum absolute atomic E-state index is 0.142. The first-order valence-electron chi connectivity index (χ1n) is 10.7. The van der Waals surface area contributed by atoms with E-state index in [1.807, 2.05) is 42.2 Å². The number of hydrogen-bond acceptors (Lipinski definition) is 4. The lowest BCUT2D eigenvalue weighted by Crippen LogP contribution is -2.37. The number of carbonyl (C=O) groups is 2. The first kappa shape index (κ1) is 20.8. The highest BCUT2D eigenvalue weighted by molar-refractivity contribution is 6.13. The Bertz CT molecular complexity index is 1390. The molecule has 0 unspecified atom stereocenters. The molecule has 2 N–H and O–H groups in total. The van der Waals surface area contributed by atoms with Crippen molar-refractivity contribution >= 4 is 28.5 Å². The summed E-state index contributed by atoms with van der Waals surface area (Å²) >= 11 is 0. The number of benzene rings is 3. The maximum atomic E-state index is 13.5. The smallest absolute Gasteiger partial charge is 0.255 e. The van der Waals surface area contributed by atoms with Gasteiger partial charge in [0.05, 0.1) is 12.2 Å². The fraction of sp³-hybridized carbons (Fsp3) is 0.154. The van der Waals surface area contributed by atoms with Crippen LogP contribution in [0.15, 0.2) is 65.1 Å². The number of hydrogen-bond donors (Lipinski definition) is 2. The van der Waals surface area contributed by atoms with Crippen LogP contribution in [-0.4, -0.2) is 32.1 Å². The molecule has 2 amide bonds. The number of nitrogens with one attached hydrogen (secondary N) is 2. The van der Waals surface area contributed by atoms with E-state index in [-0.39, 0.29) is 17.6 Å². The van der Waals surface area contributed by atoms with Gasteiger partial charge in [0, 0.05) is 47.4 Å². The molecule has 0 aliphatic carbocycles. The Balaban J connectivity index is 1.82. The number of fused-ring (bicyclic) bond motifs is 5. The van der Waals surface area contributed by atoms with Crippen molar-refractivity contribution in [2.45, 2.75) is 6.92 Å². The van der Waals surface area contributed by atoms with Crippen molar-refractivity contribution < 1.29 is 18.4 Å². The lowest BCUT2D eigenvalue weighted by atomic mass is 9.97. The molecule has 1 aromatic heterocycles. The molecule has 4 aromatic rings. The van der Waals surface area contributed by atoms with Crippen LogP contribution in [0.4, 0.5) is 10.1 Å². The molecule has 0 saturated heterocycles. The third-order valence-electron chi connectivity index (χ3n) is 5.96. The molecule has 0 radical (unpaired) electrons. The molecular weight excluding hydrogens is 421 g/mol. The van der Waals surface area contributed by atoms with Crippen molar-refractivity contribution in [1.82, 2.24) is 10.6 Å². The van der Waals surface area contributed by atoms with Crippen molar-refractivity contribution in [2.24, 2.45) is 0 Å². The van der Waals surface area contributed by atoms with Crippen LogP contribution in [0, 0.1) is 5.82 Å². The van der Waals surface area contributed by atoms with E-state index < -0.39 is 0 Å². The monoisotopic (exact) mass is 443 g/mol. The summed E-state index contributed by atoms with van der Waals surface area (Å²) in [7, 11) is 1.56.